The van der Waals surface area contributed by atoms with E-state index in [1.807, 2.05) is 4.90 Å². The van der Waals surface area contributed by atoms with Gasteiger partial charge in [-0.1, -0.05) is 0 Å². The molecule has 3 rings (SSSR count). The third-order valence-corrected chi connectivity index (χ3v) is 5.10. The number of carbonyl (C=O) groups excluding carboxylic acids is 1. The van der Waals surface area contributed by atoms with Gasteiger partial charge in [0.15, 0.2) is 0 Å². The van der Waals surface area contributed by atoms with E-state index >= 15 is 0 Å². The topological polar surface area (TPSA) is 50.8 Å². The van der Waals surface area contributed by atoms with Gasteiger partial charge in [0.25, 0.3) is 0 Å². The molecule has 1 amide bonds. The van der Waals surface area contributed by atoms with Gasteiger partial charge >= 0.3 is 6.18 Å². The van der Waals surface area contributed by atoms with Crippen molar-refractivity contribution in [2.45, 2.75) is 50.8 Å². The third kappa shape index (κ3) is 5.85. The van der Waals surface area contributed by atoms with Crippen LogP contribution in [0.4, 0.5) is 24.5 Å². The number of benzene rings is 1. The minimum absolute atomic E-state index is 0.0808. The van der Waals surface area contributed by atoms with Crippen molar-refractivity contribution >= 4 is 17.3 Å². The van der Waals surface area contributed by atoms with E-state index < -0.39 is 11.7 Å². The van der Waals surface area contributed by atoms with Gasteiger partial charge in [0.2, 0.25) is 5.91 Å². The van der Waals surface area contributed by atoms with Crippen LogP contribution in [-0.4, -0.2) is 44.9 Å². The number of anilines is 2. The first-order chi connectivity index (χ1) is 13.4. The summed E-state index contributed by atoms with van der Waals surface area (Å²) >= 11 is 0. The molecule has 2 heterocycles. The van der Waals surface area contributed by atoms with Gasteiger partial charge in [-0.05, 0) is 50.3 Å². The van der Waals surface area contributed by atoms with Crippen molar-refractivity contribution < 1.29 is 27.4 Å². The number of nitrogens with one attached hydrogen (secondary N) is 1. The number of alkyl halides is 3. The number of amides is 1. The van der Waals surface area contributed by atoms with Crippen molar-refractivity contribution in [3.63, 3.8) is 0 Å². The Labute approximate surface area is 163 Å². The van der Waals surface area contributed by atoms with Gasteiger partial charge < -0.3 is 19.7 Å². The van der Waals surface area contributed by atoms with Crippen LogP contribution in [0.3, 0.4) is 0 Å². The van der Waals surface area contributed by atoms with Crippen LogP contribution in [0.2, 0.25) is 0 Å². The van der Waals surface area contributed by atoms with Gasteiger partial charge in [-0.3, -0.25) is 4.79 Å². The van der Waals surface area contributed by atoms with E-state index in [2.05, 4.69) is 5.32 Å². The van der Waals surface area contributed by atoms with E-state index in [9.17, 15) is 18.0 Å². The smallest absolute Gasteiger partial charge is 0.378 e. The first kappa shape index (κ1) is 20.9. The molecule has 0 saturated carbocycles. The zero-order chi connectivity index (χ0) is 20.0. The summed E-state index contributed by atoms with van der Waals surface area (Å²) in [5.74, 6) is -0.357. The number of rotatable bonds is 7. The summed E-state index contributed by atoms with van der Waals surface area (Å²) in [5.41, 5.74) is 0.0837. The van der Waals surface area contributed by atoms with E-state index in [1.54, 1.807) is 0 Å². The summed E-state index contributed by atoms with van der Waals surface area (Å²) in [6.45, 7) is 2.94. The van der Waals surface area contributed by atoms with Crippen molar-refractivity contribution in [1.82, 2.24) is 0 Å². The Bertz CT molecular complexity index is 655. The normalized spacial score (nSPS) is 20.4. The molecular formula is C20H27F3N2O3. The van der Waals surface area contributed by atoms with Crippen LogP contribution in [0.1, 0.15) is 44.1 Å². The quantitative estimate of drug-likeness (QED) is 0.697. The summed E-state index contributed by atoms with van der Waals surface area (Å²) in [5, 5.41) is 2.66. The molecule has 0 bridgehead atoms. The summed E-state index contributed by atoms with van der Waals surface area (Å²) in [7, 11) is 0. The lowest BCUT2D eigenvalue weighted by molar-refractivity contribution is -0.137. The summed E-state index contributed by atoms with van der Waals surface area (Å²) < 4.78 is 50.3. The maximum absolute atomic E-state index is 13.1. The van der Waals surface area contributed by atoms with E-state index in [1.165, 1.54) is 6.07 Å². The maximum atomic E-state index is 13.1. The first-order valence-electron chi connectivity index (χ1n) is 9.89. The van der Waals surface area contributed by atoms with Crippen LogP contribution in [0.25, 0.3) is 0 Å². The molecule has 2 aliphatic rings. The lowest BCUT2D eigenvalue weighted by Gasteiger charge is -2.31. The Balaban J connectivity index is 1.61. The number of carbonyl (C=O) groups is 1. The predicted octanol–water partition coefficient (Wildman–Crippen LogP) is 4.22. The highest BCUT2D eigenvalue weighted by molar-refractivity contribution is 5.94. The molecule has 1 aromatic carbocycles. The Hall–Kier alpha value is -1.80. The monoisotopic (exact) mass is 400 g/mol. The zero-order valence-corrected chi connectivity index (χ0v) is 15.9. The largest absolute Gasteiger partial charge is 0.416 e. The van der Waals surface area contributed by atoms with E-state index in [0.29, 0.717) is 12.3 Å². The van der Waals surface area contributed by atoms with Crippen molar-refractivity contribution in [1.29, 1.82) is 0 Å². The predicted molar refractivity (Wildman–Crippen MR) is 101 cm³/mol. The Morgan fingerprint density at radius 2 is 2.00 bits per heavy atom. The van der Waals surface area contributed by atoms with Crippen LogP contribution in [0.5, 0.6) is 0 Å². The summed E-state index contributed by atoms with van der Waals surface area (Å²) in [4.78, 5) is 14.3. The second-order valence-corrected chi connectivity index (χ2v) is 7.29. The highest BCUT2D eigenvalue weighted by Crippen LogP contribution is 2.36. The fraction of sp³-hybridized carbons (Fsp3) is 0.650. The van der Waals surface area contributed by atoms with Gasteiger partial charge in [0.1, 0.15) is 0 Å². The van der Waals surface area contributed by atoms with E-state index in [0.717, 1.165) is 63.9 Å². The minimum atomic E-state index is -4.45. The van der Waals surface area contributed by atoms with Gasteiger partial charge in [-0.15, -0.1) is 0 Å². The lowest BCUT2D eigenvalue weighted by Crippen LogP contribution is -2.30. The Kier molecular flexibility index (Phi) is 7.18. The van der Waals surface area contributed by atoms with Gasteiger partial charge in [0.05, 0.1) is 42.7 Å². The molecule has 2 saturated heterocycles. The van der Waals surface area contributed by atoms with Gasteiger partial charge in [0, 0.05) is 19.7 Å². The molecule has 0 radical (unpaired) electrons. The van der Waals surface area contributed by atoms with Crippen LogP contribution in [0, 0.1) is 0 Å². The summed E-state index contributed by atoms with van der Waals surface area (Å²) in [6, 6.07) is 3.55. The molecule has 0 aromatic heterocycles. The van der Waals surface area contributed by atoms with Crippen molar-refractivity contribution in [3.8, 4) is 0 Å². The minimum Gasteiger partial charge on any atom is -0.378 e. The molecule has 0 spiro atoms. The second-order valence-electron chi connectivity index (χ2n) is 7.29. The summed E-state index contributed by atoms with van der Waals surface area (Å²) in [6.07, 6.45) is 0.779. The fourth-order valence-electron chi connectivity index (χ4n) is 3.59. The second kappa shape index (κ2) is 9.60. The number of ether oxygens (including phenoxy) is 2. The molecule has 1 N–H and O–H groups in total. The Morgan fingerprint density at radius 3 is 2.68 bits per heavy atom. The van der Waals surface area contributed by atoms with Crippen LogP contribution >= 0.6 is 0 Å². The lowest BCUT2D eigenvalue weighted by atomic mass is 10.1. The molecule has 1 unspecified atom stereocenters. The molecular weight excluding hydrogens is 373 g/mol. The van der Waals surface area contributed by atoms with Crippen molar-refractivity contribution in [2.24, 2.45) is 0 Å². The highest BCUT2D eigenvalue weighted by atomic mass is 19.4. The molecule has 28 heavy (non-hydrogen) atoms. The molecule has 2 aliphatic heterocycles. The standard InChI is InChI=1S/C20H27F3N2O3/c21-20(22,23)15-6-7-18(25-9-2-1-3-10-25)17(13-15)24-19(26)8-12-27-14-16-5-4-11-28-16/h6-7,13,16H,1-5,8-12,14H2,(H,24,26). The molecule has 2 fully saturated rings. The van der Waals surface area contributed by atoms with E-state index in [4.69, 9.17) is 9.47 Å². The molecule has 1 atom stereocenters. The number of nitrogens with zero attached hydrogens (tertiary/aromatic N) is 1. The number of piperidine rings is 1. The molecule has 8 heteroatoms. The van der Waals surface area contributed by atoms with Crippen LogP contribution < -0.4 is 10.2 Å². The van der Waals surface area contributed by atoms with Gasteiger partial charge in [-0.25, -0.2) is 0 Å². The fourth-order valence-corrected chi connectivity index (χ4v) is 3.59. The van der Waals surface area contributed by atoms with Crippen molar-refractivity contribution in [2.75, 3.05) is 43.1 Å². The van der Waals surface area contributed by atoms with E-state index in [-0.39, 0.29) is 30.7 Å². The van der Waals surface area contributed by atoms with Crippen LogP contribution in [-0.2, 0) is 20.4 Å². The molecule has 156 valence electrons. The highest BCUT2D eigenvalue weighted by Gasteiger charge is 2.31. The van der Waals surface area contributed by atoms with Crippen molar-refractivity contribution in [3.05, 3.63) is 23.8 Å². The average molecular weight is 400 g/mol. The molecule has 1 aromatic rings. The number of hydrogen-bond acceptors (Lipinski definition) is 4. The average Bonchev–Trinajstić information content (AvgIpc) is 3.19. The molecule has 5 nitrogen and oxygen atoms in total. The number of halogens is 3. The first-order valence-corrected chi connectivity index (χ1v) is 9.89. The maximum Gasteiger partial charge on any atom is 0.416 e. The Morgan fingerprint density at radius 1 is 1.21 bits per heavy atom. The van der Waals surface area contributed by atoms with Gasteiger partial charge in [-0.2, -0.15) is 13.2 Å². The number of hydrogen-bond donors (Lipinski definition) is 1. The third-order valence-electron chi connectivity index (χ3n) is 5.10. The zero-order valence-electron chi connectivity index (χ0n) is 15.9. The SMILES string of the molecule is O=C(CCOCC1CCCO1)Nc1cc(C(F)(F)F)ccc1N1CCCCC1. The molecule has 0 aliphatic carbocycles. The van der Waals surface area contributed by atoms with Crippen LogP contribution in [0.15, 0.2) is 18.2 Å².